The largest absolute Gasteiger partial charge is 0.445 e. The maximum absolute atomic E-state index is 13.2. The van der Waals surface area contributed by atoms with Crippen LogP contribution in [0, 0.1) is 6.57 Å². The number of amides is 1. The predicted molar refractivity (Wildman–Crippen MR) is 113 cm³/mol. The summed E-state index contributed by atoms with van der Waals surface area (Å²) >= 11 is 0. The molecule has 2 aromatic rings. The molecule has 2 saturated heterocycles. The van der Waals surface area contributed by atoms with Crippen LogP contribution in [0.25, 0.3) is 4.85 Å². The lowest BCUT2D eigenvalue weighted by Gasteiger charge is -2.55. The van der Waals surface area contributed by atoms with Gasteiger partial charge in [-0.2, -0.15) is 0 Å². The first-order valence-electron chi connectivity index (χ1n) is 10.4. The molecule has 4 rings (SSSR count). The third kappa shape index (κ3) is 3.73. The number of benzene rings is 2. The molecular weight excluding hydrogens is 362 g/mol. The smallest absolute Gasteiger partial charge is 0.410 e. The highest BCUT2D eigenvalue weighted by atomic mass is 16.6. The first-order valence-corrected chi connectivity index (χ1v) is 10.4. The molecule has 2 heterocycles. The summed E-state index contributed by atoms with van der Waals surface area (Å²) in [6.45, 7) is 12.4. The number of likely N-dealkylation sites (tertiary alicyclic amines) is 2. The standard InChI is InChI=1S/C24H27N3O2/c1-3-26-16-14-24(20-9-11-21(25-2)12-10-20)17-22(26)13-15-27(24)23(28)29-18-19-7-5-4-6-8-19/h4-12,22H,3,13-18H2,1H3. The molecule has 2 atom stereocenters. The van der Waals surface area contributed by atoms with E-state index in [4.69, 9.17) is 11.3 Å². The van der Waals surface area contributed by atoms with Crippen molar-refractivity contribution in [3.8, 4) is 0 Å². The third-order valence-electron chi connectivity index (χ3n) is 6.47. The maximum Gasteiger partial charge on any atom is 0.410 e. The van der Waals surface area contributed by atoms with Gasteiger partial charge in [0, 0.05) is 19.1 Å². The van der Waals surface area contributed by atoms with Crippen LogP contribution < -0.4 is 0 Å². The van der Waals surface area contributed by atoms with Gasteiger partial charge in [0.05, 0.1) is 12.1 Å². The zero-order valence-electron chi connectivity index (χ0n) is 16.9. The summed E-state index contributed by atoms with van der Waals surface area (Å²) in [5, 5.41) is 0. The van der Waals surface area contributed by atoms with Crippen LogP contribution >= 0.6 is 0 Å². The molecule has 2 unspecified atom stereocenters. The van der Waals surface area contributed by atoms with E-state index in [1.165, 1.54) is 0 Å². The fourth-order valence-electron chi connectivity index (χ4n) is 4.90. The minimum Gasteiger partial charge on any atom is -0.445 e. The molecule has 2 aliphatic heterocycles. The van der Waals surface area contributed by atoms with Crippen LogP contribution in [0.3, 0.4) is 0 Å². The van der Waals surface area contributed by atoms with Crippen molar-refractivity contribution < 1.29 is 9.53 Å². The number of piperidine rings is 2. The zero-order chi connectivity index (χ0) is 20.3. The highest BCUT2D eigenvalue weighted by Crippen LogP contribution is 2.46. The van der Waals surface area contributed by atoms with Crippen molar-refractivity contribution in [2.24, 2.45) is 0 Å². The van der Waals surface area contributed by atoms with E-state index in [0.717, 1.165) is 43.5 Å². The number of hydrogen-bond acceptors (Lipinski definition) is 3. The minimum absolute atomic E-state index is 0.244. The molecule has 2 aromatic carbocycles. The predicted octanol–water partition coefficient (Wildman–Crippen LogP) is 4.96. The molecule has 0 aliphatic carbocycles. The fraction of sp³-hybridized carbons (Fsp3) is 0.417. The van der Waals surface area contributed by atoms with Crippen LogP contribution in [0.15, 0.2) is 54.6 Å². The van der Waals surface area contributed by atoms with Gasteiger partial charge in [-0.1, -0.05) is 61.5 Å². The summed E-state index contributed by atoms with van der Waals surface area (Å²) in [7, 11) is 0. The quantitative estimate of drug-likeness (QED) is 0.694. The number of fused-ring (bicyclic) bond motifs is 2. The Morgan fingerprint density at radius 3 is 2.62 bits per heavy atom. The molecule has 150 valence electrons. The van der Waals surface area contributed by atoms with Crippen LogP contribution in [0.1, 0.15) is 37.3 Å². The average molecular weight is 389 g/mol. The van der Waals surface area contributed by atoms with Crippen molar-refractivity contribution in [3.05, 3.63) is 77.1 Å². The number of nitrogens with zero attached hydrogens (tertiary/aromatic N) is 3. The van der Waals surface area contributed by atoms with Crippen molar-refractivity contribution >= 4 is 11.8 Å². The molecule has 5 heteroatoms. The van der Waals surface area contributed by atoms with Crippen molar-refractivity contribution in [2.45, 2.75) is 44.4 Å². The molecule has 0 radical (unpaired) electrons. The monoisotopic (exact) mass is 389 g/mol. The van der Waals surface area contributed by atoms with E-state index in [0.29, 0.717) is 18.3 Å². The molecule has 0 aromatic heterocycles. The van der Waals surface area contributed by atoms with Gasteiger partial charge in [0.1, 0.15) is 6.61 Å². The summed E-state index contributed by atoms with van der Waals surface area (Å²) < 4.78 is 5.73. The second kappa shape index (κ2) is 8.26. The van der Waals surface area contributed by atoms with E-state index in [9.17, 15) is 4.79 Å². The average Bonchev–Trinajstić information content (AvgIpc) is 2.78. The van der Waals surface area contributed by atoms with Gasteiger partial charge in [0.25, 0.3) is 0 Å². The van der Waals surface area contributed by atoms with Crippen LogP contribution in [0.4, 0.5) is 10.5 Å². The number of carbonyl (C=O) groups excluding carboxylic acids is 1. The highest BCUT2D eigenvalue weighted by molar-refractivity contribution is 5.70. The summed E-state index contributed by atoms with van der Waals surface area (Å²) in [6.07, 6.45) is 2.52. The SMILES string of the molecule is [C-]#[N+]c1ccc(C23CCN(CC)C(CCN2C(=O)OCc2ccccc2)C3)cc1. The van der Waals surface area contributed by atoms with Gasteiger partial charge in [-0.15, -0.1) is 0 Å². The first-order chi connectivity index (χ1) is 14.2. The van der Waals surface area contributed by atoms with E-state index in [2.05, 4.69) is 16.7 Å². The molecule has 0 saturated carbocycles. The van der Waals surface area contributed by atoms with Crippen LogP contribution in [0.2, 0.25) is 0 Å². The molecule has 2 bridgehead atoms. The van der Waals surface area contributed by atoms with E-state index in [1.807, 2.05) is 59.5 Å². The lowest BCUT2D eigenvalue weighted by molar-refractivity contribution is -0.0491. The van der Waals surface area contributed by atoms with Gasteiger partial charge < -0.3 is 9.64 Å². The number of hydrogen-bond donors (Lipinski definition) is 0. The topological polar surface area (TPSA) is 37.1 Å². The van der Waals surface area contributed by atoms with Crippen LogP contribution in [-0.4, -0.2) is 41.6 Å². The Morgan fingerprint density at radius 2 is 1.93 bits per heavy atom. The van der Waals surface area contributed by atoms with Gasteiger partial charge in [-0.05, 0) is 36.9 Å². The molecule has 1 amide bonds. The van der Waals surface area contributed by atoms with Gasteiger partial charge in [0.2, 0.25) is 0 Å². The Kier molecular flexibility index (Phi) is 5.55. The van der Waals surface area contributed by atoms with E-state index < -0.39 is 0 Å². The minimum atomic E-state index is -0.358. The van der Waals surface area contributed by atoms with E-state index in [1.54, 1.807) is 0 Å². The Morgan fingerprint density at radius 1 is 1.17 bits per heavy atom. The Labute approximate surface area is 172 Å². The maximum atomic E-state index is 13.2. The van der Waals surface area contributed by atoms with Crippen molar-refractivity contribution in [1.29, 1.82) is 0 Å². The number of ether oxygens (including phenoxy) is 1. The van der Waals surface area contributed by atoms with Gasteiger partial charge in [-0.25, -0.2) is 9.64 Å². The second-order valence-electron chi connectivity index (χ2n) is 7.91. The Bertz CT molecular complexity index is 891. The van der Waals surface area contributed by atoms with Crippen molar-refractivity contribution in [3.63, 3.8) is 0 Å². The van der Waals surface area contributed by atoms with E-state index >= 15 is 0 Å². The molecule has 2 fully saturated rings. The van der Waals surface area contributed by atoms with Gasteiger partial charge in [0.15, 0.2) is 5.69 Å². The van der Waals surface area contributed by atoms with Gasteiger partial charge >= 0.3 is 6.09 Å². The van der Waals surface area contributed by atoms with Crippen LogP contribution in [0.5, 0.6) is 0 Å². The summed E-state index contributed by atoms with van der Waals surface area (Å²) in [4.78, 5) is 21.2. The number of carbonyl (C=O) groups is 1. The molecule has 29 heavy (non-hydrogen) atoms. The highest BCUT2D eigenvalue weighted by Gasteiger charge is 2.50. The first kappa shape index (κ1) is 19.5. The Hall–Kier alpha value is -2.84. The third-order valence-corrected chi connectivity index (χ3v) is 6.47. The fourth-order valence-corrected chi connectivity index (χ4v) is 4.90. The van der Waals surface area contributed by atoms with Crippen molar-refractivity contribution in [2.75, 3.05) is 19.6 Å². The lowest BCUT2D eigenvalue weighted by atomic mass is 9.73. The van der Waals surface area contributed by atoms with Crippen LogP contribution in [-0.2, 0) is 16.9 Å². The Balaban J connectivity index is 1.60. The van der Waals surface area contributed by atoms with E-state index in [-0.39, 0.29) is 18.2 Å². The summed E-state index contributed by atoms with van der Waals surface area (Å²) in [6, 6.07) is 18.1. The van der Waals surface area contributed by atoms with Gasteiger partial charge in [-0.3, -0.25) is 4.90 Å². The molecule has 5 nitrogen and oxygen atoms in total. The molecular formula is C24H27N3O2. The summed E-state index contributed by atoms with van der Waals surface area (Å²) in [5.74, 6) is 0. The second-order valence-corrected chi connectivity index (χ2v) is 7.91. The zero-order valence-corrected chi connectivity index (χ0v) is 16.9. The molecule has 2 aliphatic rings. The lowest BCUT2D eigenvalue weighted by Crippen LogP contribution is -2.62. The molecule has 0 N–H and O–H groups in total. The normalized spacial score (nSPS) is 24.0. The van der Waals surface area contributed by atoms with Crippen molar-refractivity contribution in [1.82, 2.24) is 9.80 Å². The number of rotatable bonds is 4. The summed E-state index contributed by atoms with van der Waals surface area (Å²) in [5.41, 5.74) is 2.37. The molecule has 0 spiro atoms.